The quantitative estimate of drug-likeness (QED) is 0.657. The van der Waals surface area contributed by atoms with Crippen molar-refractivity contribution in [1.29, 1.82) is 0 Å². The molecular weight excluding hydrogens is 169 g/mol. The highest BCUT2D eigenvalue weighted by Crippen LogP contribution is 2.17. The molecule has 0 fully saturated rings. The van der Waals surface area contributed by atoms with Gasteiger partial charge in [-0.1, -0.05) is 6.58 Å². The molecule has 0 unspecified atom stereocenters. The molecule has 0 rings (SSSR count). The molecule has 0 amide bonds. The second kappa shape index (κ2) is 4.25. The summed E-state index contributed by atoms with van der Waals surface area (Å²) in [5.74, 6) is 0. The van der Waals surface area contributed by atoms with Crippen molar-refractivity contribution >= 4 is 5.71 Å². The zero-order valence-corrected chi connectivity index (χ0v) is 7.00. The van der Waals surface area contributed by atoms with Gasteiger partial charge in [-0.25, -0.2) is 0 Å². The number of hydrogen-bond acceptors (Lipinski definition) is 2. The highest BCUT2D eigenvalue weighted by Gasteiger charge is 2.31. The van der Waals surface area contributed by atoms with E-state index in [1.807, 2.05) is 0 Å². The van der Waals surface area contributed by atoms with Crippen LogP contribution >= 0.6 is 0 Å². The molecule has 0 atom stereocenters. The lowest BCUT2D eigenvalue weighted by atomic mass is 10.4. The zero-order chi connectivity index (χ0) is 9.78. The van der Waals surface area contributed by atoms with Gasteiger partial charge in [-0.15, -0.1) is 0 Å². The normalized spacial score (nSPS) is 13.2. The van der Waals surface area contributed by atoms with Crippen molar-refractivity contribution in [2.75, 3.05) is 13.6 Å². The second-order valence-electron chi connectivity index (χ2n) is 2.29. The molecule has 0 spiro atoms. The van der Waals surface area contributed by atoms with Gasteiger partial charge in [0.1, 0.15) is 5.71 Å². The number of alkyl halides is 3. The summed E-state index contributed by atoms with van der Waals surface area (Å²) in [4.78, 5) is 3.27. The van der Waals surface area contributed by atoms with Crippen molar-refractivity contribution in [3.8, 4) is 0 Å². The predicted octanol–water partition coefficient (Wildman–Crippen LogP) is 1.74. The van der Waals surface area contributed by atoms with Crippen LogP contribution in [0.4, 0.5) is 13.2 Å². The second-order valence-corrected chi connectivity index (χ2v) is 2.29. The van der Waals surface area contributed by atoms with Gasteiger partial charge in [-0.05, 0) is 14.0 Å². The van der Waals surface area contributed by atoms with Crippen LogP contribution in [0.2, 0.25) is 0 Å². The Morgan fingerprint density at radius 3 is 2.33 bits per heavy atom. The van der Waals surface area contributed by atoms with Crippen LogP contribution < -0.4 is 5.32 Å². The van der Waals surface area contributed by atoms with Gasteiger partial charge in [-0.3, -0.25) is 4.99 Å². The van der Waals surface area contributed by atoms with E-state index >= 15 is 0 Å². The van der Waals surface area contributed by atoms with E-state index in [2.05, 4.69) is 16.9 Å². The van der Waals surface area contributed by atoms with Crippen LogP contribution in [0.25, 0.3) is 0 Å². The van der Waals surface area contributed by atoms with E-state index < -0.39 is 11.9 Å². The van der Waals surface area contributed by atoms with Crippen LogP contribution in [-0.2, 0) is 0 Å². The number of nitrogens with zero attached hydrogens (tertiary/aromatic N) is 1. The molecule has 0 aromatic carbocycles. The Morgan fingerprint density at radius 1 is 1.50 bits per heavy atom. The third-order valence-electron chi connectivity index (χ3n) is 1.12. The first kappa shape index (κ1) is 11.2. The first-order valence-corrected chi connectivity index (χ1v) is 3.32. The van der Waals surface area contributed by atoms with Crippen LogP contribution in [0.1, 0.15) is 6.92 Å². The first-order chi connectivity index (χ1) is 5.38. The van der Waals surface area contributed by atoms with Crippen LogP contribution in [0.5, 0.6) is 0 Å². The van der Waals surface area contributed by atoms with E-state index in [0.717, 1.165) is 6.92 Å². The number of nitrogens with one attached hydrogen (secondary N) is 1. The van der Waals surface area contributed by atoms with Gasteiger partial charge in [0.2, 0.25) is 0 Å². The molecule has 0 saturated heterocycles. The van der Waals surface area contributed by atoms with Crippen molar-refractivity contribution in [2.24, 2.45) is 4.99 Å². The van der Waals surface area contributed by atoms with Gasteiger partial charge in [0.05, 0.1) is 0 Å². The Morgan fingerprint density at radius 2 is 2.00 bits per heavy atom. The summed E-state index contributed by atoms with van der Waals surface area (Å²) in [6.45, 7) is 4.52. The maximum absolute atomic E-state index is 11.9. The molecule has 0 aromatic heterocycles. The van der Waals surface area contributed by atoms with Gasteiger partial charge in [0.25, 0.3) is 0 Å². The highest BCUT2D eigenvalue weighted by molar-refractivity contribution is 5.88. The van der Waals surface area contributed by atoms with Gasteiger partial charge in [0, 0.05) is 12.2 Å². The Kier molecular flexibility index (Phi) is 3.95. The lowest BCUT2D eigenvalue weighted by Crippen LogP contribution is -2.20. The predicted molar refractivity (Wildman–Crippen MR) is 42.2 cm³/mol. The minimum Gasteiger partial charge on any atom is -0.314 e. The number of hydrogen-bond donors (Lipinski definition) is 1. The van der Waals surface area contributed by atoms with Gasteiger partial charge in [-0.2, -0.15) is 13.2 Å². The van der Waals surface area contributed by atoms with Crippen molar-refractivity contribution in [2.45, 2.75) is 13.1 Å². The molecule has 70 valence electrons. The molecule has 0 radical (unpaired) electrons. The van der Waals surface area contributed by atoms with Crippen LogP contribution in [0, 0.1) is 0 Å². The van der Waals surface area contributed by atoms with Crippen LogP contribution in [-0.4, -0.2) is 25.5 Å². The fraction of sp³-hybridized carbons (Fsp3) is 0.571. The van der Waals surface area contributed by atoms with Crippen molar-refractivity contribution in [3.05, 3.63) is 12.3 Å². The number of halogens is 3. The van der Waals surface area contributed by atoms with Gasteiger partial charge < -0.3 is 5.32 Å². The average molecular weight is 180 g/mol. The molecule has 0 heterocycles. The molecule has 0 aliphatic carbocycles. The molecular formula is C7H11F3N2. The van der Waals surface area contributed by atoms with E-state index in [4.69, 9.17) is 0 Å². The summed E-state index contributed by atoms with van der Waals surface area (Å²) in [7, 11) is 1.61. The van der Waals surface area contributed by atoms with E-state index in [1.54, 1.807) is 7.05 Å². The monoisotopic (exact) mass is 180 g/mol. The highest BCUT2D eigenvalue weighted by atomic mass is 19.4. The van der Waals surface area contributed by atoms with Crippen molar-refractivity contribution < 1.29 is 13.2 Å². The molecule has 0 aliphatic rings. The summed E-state index contributed by atoms with van der Waals surface area (Å²) in [6, 6.07) is 0. The number of likely N-dealkylation sites (N-methyl/N-ethyl adjacent to an activating group) is 1. The number of rotatable bonds is 3. The van der Waals surface area contributed by atoms with E-state index in [0.29, 0.717) is 0 Å². The molecule has 1 N–H and O–H groups in total. The minimum atomic E-state index is -4.35. The molecule has 2 nitrogen and oxygen atoms in total. The van der Waals surface area contributed by atoms with Crippen molar-refractivity contribution in [1.82, 2.24) is 5.32 Å². The SMILES string of the molecule is C=C(CNC)N=C(C)C(F)(F)F. The topological polar surface area (TPSA) is 24.4 Å². The summed E-state index contributed by atoms with van der Waals surface area (Å²) in [5, 5.41) is 2.65. The standard InChI is InChI=1S/C7H11F3N2/c1-5(4-11-3)12-6(2)7(8,9)10/h11H,1,4H2,2-3H3. The molecule has 0 saturated carbocycles. The summed E-state index contributed by atoms with van der Waals surface area (Å²) in [5.41, 5.74) is -0.699. The number of aliphatic imine (C=N–C) groups is 1. The smallest absolute Gasteiger partial charge is 0.314 e. The zero-order valence-electron chi connectivity index (χ0n) is 7.00. The van der Waals surface area contributed by atoms with Gasteiger partial charge >= 0.3 is 6.18 Å². The first-order valence-electron chi connectivity index (χ1n) is 3.32. The summed E-state index contributed by atoms with van der Waals surface area (Å²) < 4.78 is 35.6. The Labute approximate surface area is 69.2 Å². The van der Waals surface area contributed by atoms with Gasteiger partial charge in [0.15, 0.2) is 0 Å². The van der Waals surface area contributed by atoms with E-state index in [1.165, 1.54) is 0 Å². The van der Waals surface area contributed by atoms with Crippen LogP contribution in [0.3, 0.4) is 0 Å². The largest absolute Gasteiger partial charge is 0.429 e. The maximum Gasteiger partial charge on any atom is 0.429 e. The maximum atomic E-state index is 11.9. The Balaban J connectivity index is 4.26. The Bertz CT molecular complexity index is 193. The van der Waals surface area contributed by atoms with E-state index in [-0.39, 0.29) is 12.2 Å². The molecule has 0 bridgehead atoms. The third kappa shape index (κ3) is 4.12. The minimum absolute atomic E-state index is 0.173. The third-order valence-corrected chi connectivity index (χ3v) is 1.12. The fourth-order valence-corrected chi connectivity index (χ4v) is 0.544. The Hall–Kier alpha value is -0.840. The summed E-state index contributed by atoms with van der Waals surface area (Å²) >= 11 is 0. The molecule has 5 heteroatoms. The molecule has 0 aliphatic heterocycles. The fourth-order valence-electron chi connectivity index (χ4n) is 0.544. The van der Waals surface area contributed by atoms with Crippen molar-refractivity contribution in [3.63, 3.8) is 0 Å². The molecule has 0 aromatic rings. The molecule has 12 heavy (non-hydrogen) atoms. The van der Waals surface area contributed by atoms with Crippen LogP contribution in [0.15, 0.2) is 17.3 Å². The van der Waals surface area contributed by atoms with E-state index in [9.17, 15) is 13.2 Å². The lowest BCUT2D eigenvalue weighted by Gasteiger charge is -2.05. The lowest BCUT2D eigenvalue weighted by molar-refractivity contribution is -0.0592. The summed E-state index contributed by atoms with van der Waals surface area (Å²) in [6.07, 6.45) is -4.35. The average Bonchev–Trinajstić information content (AvgIpc) is 1.85.